The van der Waals surface area contributed by atoms with Gasteiger partial charge in [0.2, 0.25) is 0 Å². The molecular formula is C26H25N5O2W. The van der Waals surface area contributed by atoms with Gasteiger partial charge in [0.25, 0.3) is 0 Å². The molecule has 8 heteroatoms. The van der Waals surface area contributed by atoms with Crippen LogP contribution in [0.4, 0.5) is 0 Å². The van der Waals surface area contributed by atoms with Crippen molar-refractivity contribution in [2.24, 2.45) is 0 Å². The number of aryl methyl sites for hydroxylation is 1. The van der Waals surface area contributed by atoms with Crippen LogP contribution in [0.15, 0.2) is 79.7 Å². The number of aromatic nitrogens is 4. The Balaban J connectivity index is 1.40. The normalized spacial score (nSPS) is 16.9. The topological polar surface area (TPSA) is 74.0 Å². The molecule has 5 rings (SSSR count). The molecule has 1 fully saturated rings. The molecule has 1 aliphatic carbocycles. The van der Waals surface area contributed by atoms with Gasteiger partial charge in [0.05, 0.1) is 5.69 Å². The standard InChI is InChI=1S/C26H25N5O2.W/c32-26-22-17-21(31-18-23(29-19-31)20-8-9-20)10-11-24(22)33-16-6-2-5-14-30-15-13-27-25(30)7-3-1-4-12-28-26;/h1-4,6,10-13,15,17-20H,5,8-9,14,16H2,(H,28,32);. The van der Waals surface area contributed by atoms with Gasteiger partial charge in [-0.25, -0.2) is 4.98 Å². The average molecular weight is 623 g/mol. The summed E-state index contributed by atoms with van der Waals surface area (Å²) >= 11 is 1.34. The van der Waals surface area contributed by atoms with Crippen LogP contribution in [0.5, 0.6) is 5.75 Å². The number of benzene rings is 1. The Morgan fingerprint density at radius 2 is 2.06 bits per heavy atom. The van der Waals surface area contributed by atoms with E-state index in [1.807, 2.05) is 65.8 Å². The molecule has 1 saturated carbocycles. The van der Waals surface area contributed by atoms with E-state index in [2.05, 4.69) is 32.1 Å². The summed E-state index contributed by atoms with van der Waals surface area (Å²) in [6, 6.07) is 5.66. The molecule has 7 nitrogen and oxygen atoms in total. The second-order valence-corrected chi connectivity index (χ2v) is 9.81. The molecule has 0 spiro atoms. The number of hydrogen-bond acceptors (Lipinski definition) is 4. The molecule has 0 unspecified atom stereocenters. The van der Waals surface area contributed by atoms with Gasteiger partial charge in [0.15, 0.2) is 0 Å². The third kappa shape index (κ3) is 5.26. The molecule has 1 aromatic carbocycles. The Labute approximate surface area is 209 Å². The molecule has 0 atom stereocenters. The van der Waals surface area contributed by atoms with Crippen LogP contribution in [-0.4, -0.2) is 35.5 Å². The Kier molecular flexibility index (Phi) is 6.81. The van der Waals surface area contributed by atoms with Crippen LogP contribution < -0.4 is 10.1 Å². The van der Waals surface area contributed by atoms with Crippen molar-refractivity contribution in [3.63, 3.8) is 0 Å². The van der Waals surface area contributed by atoms with Gasteiger partial charge >= 0.3 is 180 Å². The summed E-state index contributed by atoms with van der Waals surface area (Å²) in [4.78, 5) is 22.0. The van der Waals surface area contributed by atoms with Gasteiger partial charge < -0.3 is 0 Å². The van der Waals surface area contributed by atoms with Gasteiger partial charge in [-0.1, -0.05) is 0 Å². The number of nitrogens with zero attached hydrogens (tertiary/aromatic N) is 4. The Hall–Kier alpha value is -3.31. The molecule has 34 heavy (non-hydrogen) atoms. The molecule has 3 aromatic rings. The van der Waals surface area contributed by atoms with Crippen molar-refractivity contribution in [1.82, 2.24) is 24.4 Å². The van der Waals surface area contributed by atoms with Crippen LogP contribution in [0.3, 0.4) is 0 Å². The summed E-state index contributed by atoms with van der Waals surface area (Å²) in [7, 11) is 0. The first-order chi connectivity index (χ1) is 16.7. The first-order valence-electron chi connectivity index (χ1n) is 11.3. The maximum absolute atomic E-state index is 13.0. The van der Waals surface area contributed by atoms with Gasteiger partial charge in [-0.3, -0.25) is 0 Å². The predicted octanol–water partition coefficient (Wildman–Crippen LogP) is 3.85. The van der Waals surface area contributed by atoms with E-state index in [1.54, 1.807) is 6.20 Å². The number of nitrogens with one attached hydrogen (secondary N) is 1. The first kappa shape index (κ1) is 22.5. The van der Waals surface area contributed by atoms with Crippen molar-refractivity contribution >= 4 is 9.81 Å². The van der Waals surface area contributed by atoms with E-state index in [-0.39, 0.29) is 5.91 Å². The SMILES string of the molecule is O=C1NC=CC=C[C](=[W])c2nccn2CCC=CCOc2ccc(-n3cnc(C4CC4)c3)cc21. The fraction of sp³-hybridized carbons (Fsp3) is 0.231. The molecule has 0 radical (unpaired) electrons. The Bertz CT molecular complexity index is 1300. The fourth-order valence-corrected chi connectivity index (χ4v) is 4.67. The second-order valence-electron chi connectivity index (χ2n) is 8.23. The molecule has 0 bridgehead atoms. The van der Waals surface area contributed by atoms with E-state index >= 15 is 0 Å². The van der Waals surface area contributed by atoms with E-state index in [0.29, 0.717) is 23.8 Å². The zero-order valence-electron chi connectivity index (χ0n) is 18.6. The minimum atomic E-state index is -0.223. The van der Waals surface area contributed by atoms with Crippen LogP contribution in [0.2, 0.25) is 0 Å². The van der Waals surface area contributed by atoms with Crippen LogP contribution in [0.25, 0.3) is 5.69 Å². The summed E-state index contributed by atoms with van der Waals surface area (Å²) < 4.78 is 11.2. The number of rotatable bonds is 2. The summed E-state index contributed by atoms with van der Waals surface area (Å²) in [5.74, 6) is 1.88. The van der Waals surface area contributed by atoms with E-state index in [1.165, 1.54) is 32.2 Å². The van der Waals surface area contributed by atoms with Gasteiger partial charge in [0.1, 0.15) is 0 Å². The zero-order chi connectivity index (χ0) is 23.3. The van der Waals surface area contributed by atoms with Crippen LogP contribution >= 0.6 is 0 Å². The molecule has 2 aromatic heterocycles. The molecule has 1 N–H and O–H groups in total. The monoisotopic (exact) mass is 623 g/mol. The number of ether oxygens (including phenoxy) is 1. The first-order valence-corrected chi connectivity index (χ1v) is 12.8. The van der Waals surface area contributed by atoms with Gasteiger partial charge in [-0.2, -0.15) is 0 Å². The zero-order valence-corrected chi connectivity index (χ0v) is 21.6. The second kappa shape index (κ2) is 10.3. The molecule has 1 amide bonds. The number of fused-ring (bicyclic) bond motifs is 2. The van der Waals surface area contributed by atoms with Crippen molar-refractivity contribution < 1.29 is 28.9 Å². The number of amides is 1. The summed E-state index contributed by atoms with van der Waals surface area (Å²) in [5, 5.41) is 2.86. The predicted molar refractivity (Wildman–Crippen MR) is 127 cm³/mol. The Morgan fingerprint density at radius 3 is 2.94 bits per heavy atom. The van der Waals surface area contributed by atoms with E-state index in [9.17, 15) is 4.79 Å². The molecule has 0 saturated heterocycles. The molecule has 172 valence electrons. The van der Waals surface area contributed by atoms with Crippen molar-refractivity contribution in [1.29, 1.82) is 0 Å². The third-order valence-corrected chi connectivity index (χ3v) is 6.89. The van der Waals surface area contributed by atoms with Crippen molar-refractivity contribution in [2.75, 3.05) is 6.61 Å². The third-order valence-electron chi connectivity index (χ3n) is 5.75. The molecule has 2 aliphatic rings. The molecular weight excluding hydrogens is 598 g/mol. The van der Waals surface area contributed by atoms with Crippen LogP contribution in [0.1, 0.15) is 47.1 Å². The van der Waals surface area contributed by atoms with Crippen LogP contribution in [-0.2, 0) is 25.9 Å². The molecule has 1 aliphatic heterocycles. The fourth-order valence-electron chi connectivity index (χ4n) is 3.78. The van der Waals surface area contributed by atoms with E-state index in [4.69, 9.17) is 4.74 Å². The van der Waals surface area contributed by atoms with E-state index in [0.717, 1.165) is 34.1 Å². The van der Waals surface area contributed by atoms with Gasteiger partial charge in [-0.05, 0) is 12.8 Å². The van der Waals surface area contributed by atoms with Crippen molar-refractivity contribution in [3.05, 3.63) is 96.8 Å². The quantitative estimate of drug-likeness (QED) is 0.441. The maximum atomic E-state index is 13.0. The minimum absolute atomic E-state index is 0.223. The summed E-state index contributed by atoms with van der Waals surface area (Å²) in [6.45, 7) is 1.24. The van der Waals surface area contributed by atoms with Crippen molar-refractivity contribution in [2.45, 2.75) is 31.7 Å². The number of carbonyl (C=O) groups excluding carboxylic acids is 1. The number of imidazole rings is 2. The van der Waals surface area contributed by atoms with E-state index < -0.39 is 0 Å². The van der Waals surface area contributed by atoms with Crippen molar-refractivity contribution in [3.8, 4) is 11.4 Å². The molecule has 3 heterocycles. The number of hydrogen-bond donors (Lipinski definition) is 1. The number of carbonyl (C=O) groups is 1. The Morgan fingerprint density at radius 1 is 1.15 bits per heavy atom. The summed E-state index contributed by atoms with van der Waals surface area (Å²) in [5.41, 5.74) is 2.47. The number of allylic oxidation sites excluding steroid dienone is 4. The van der Waals surface area contributed by atoms with Gasteiger partial charge in [-0.15, -0.1) is 0 Å². The average Bonchev–Trinajstić information content (AvgIpc) is 3.38. The summed E-state index contributed by atoms with van der Waals surface area (Å²) in [6.07, 6.45) is 22.5. The van der Waals surface area contributed by atoms with Gasteiger partial charge in [0, 0.05) is 5.92 Å². The van der Waals surface area contributed by atoms with Crippen LogP contribution in [0, 0.1) is 0 Å².